The van der Waals surface area contributed by atoms with Crippen molar-refractivity contribution in [2.45, 2.75) is 6.92 Å². The summed E-state index contributed by atoms with van der Waals surface area (Å²) in [5.74, 6) is -1.66. The molecule has 3 aromatic heterocycles. The second kappa shape index (κ2) is 8.87. The van der Waals surface area contributed by atoms with E-state index in [0.29, 0.717) is 5.65 Å². The molecule has 0 saturated heterocycles. The van der Waals surface area contributed by atoms with Crippen molar-refractivity contribution in [3.05, 3.63) is 90.8 Å². The van der Waals surface area contributed by atoms with Gasteiger partial charge in [-0.3, -0.25) is 24.1 Å². The number of esters is 1. The van der Waals surface area contributed by atoms with Gasteiger partial charge in [-0.2, -0.15) is 4.99 Å². The number of pyridine rings is 2. The first-order chi connectivity index (χ1) is 16.2. The molecule has 0 aliphatic rings. The Morgan fingerprint density at radius 1 is 1.24 bits per heavy atom. The lowest BCUT2D eigenvalue weighted by molar-refractivity contribution is -0.384. The van der Waals surface area contributed by atoms with Gasteiger partial charge < -0.3 is 9.30 Å². The van der Waals surface area contributed by atoms with Crippen molar-refractivity contribution in [3.63, 3.8) is 0 Å². The molecule has 0 aliphatic heterocycles. The number of rotatable bonds is 4. The molecule has 0 radical (unpaired) electrons. The summed E-state index contributed by atoms with van der Waals surface area (Å²) in [6, 6.07) is 9.78. The van der Waals surface area contributed by atoms with E-state index in [9.17, 15) is 24.5 Å². The van der Waals surface area contributed by atoms with E-state index in [1.54, 1.807) is 31.3 Å². The van der Waals surface area contributed by atoms with Crippen LogP contribution in [0.2, 0.25) is 5.02 Å². The number of fused-ring (bicyclic) bond motifs is 2. The maximum Gasteiger partial charge on any atom is 0.341 e. The molecule has 0 unspecified atom stereocenters. The van der Waals surface area contributed by atoms with Crippen LogP contribution < -0.4 is 11.0 Å². The number of ether oxygens (including phenoxy) is 1. The molecule has 0 aliphatic carbocycles. The van der Waals surface area contributed by atoms with Crippen molar-refractivity contribution in [2.24, 2.45) is 12.0 Å². The summed E-state index contributed by atoms with van der Waals surface area (Å²) in [4.78, 5) is 57.6. The normalized spacial score (nSPS) is 11.7. The molecule has 12 heteroatoms. The molecular weight excluding hydrogens is 466 g/mol. The predicted octanol–water partition coefficient (Wildman–Crippen LogP) is 2.67. The highest BCUT2D eigenvalue weighted by atomic mass is 35.5. The summed E-state index contributed by atoms with van der Waals surface area (Å²) in [6.07, 6.45) is 1.55. The summed E-state index contributed by atoms with van der Waals surface area (Å²) < 4.78 is 7.75. The molecule has 1 amide bonds. The Balaban J connectivity index is 2.03. The van der Waals surface area contributed by atoms with Crippen molar-refractivity contribution >= 4 is 45.8 Å². The monoisotopic (exact) mass is 481 g/mol. The second-order valence-corrected chi connectivity index (χ2v) is 7.49. The van der Waals surface area contributed by atoms with E-state index in [1.807, 2.05) is 0 Å². The number of carbonyl (C=O) groups is 2. The Hall–Kier alpha value is -4.38. The van der Waals surface area contributed by atoms with E-state index in [1.165, 1.54) is 34.2 Å². The number of halogens is 1. The van der Waals surface area contributed by atoms with E-state index in [0.717, 1.165) is 6.07 Å². The van der Waals surface area contributed by atoms with E-state index < -0.39 is 28.0 Å². The lowest BCUT2D eigenvalue weighted by Gasteiger charge is -2.11. The van der Waals surface area contributed by atoms with Crippen molar-refractivity contribution < 1.29 is 19.2 Å². The fourth-order valence-corrected chi connectivity index (χ4v) is 3.59. The minimum absolute atomic E-state index is 0.0479. The van der Waals surface area contributed by atoms with Crippen molar-refractivity contribution in [3.8, 4) is 0 Å². The number of nitro groups is 1. The maximum atomic E-state index is 13.0. The molecule has 0 saturated carbocycles. The van der Waals surface area contributed by atoms with Crippen LogP contribution >= 0.6 is 11.6 Å². The first kappa shape index (κ1) is 22.8. The molecule has 4 rings (SSSR count). The highest BCUT2D eigenvalue weighted by Gasteiger charge is 2.20. The third-order valence-electron chi connectivity index (χ3n) is 5.01. The van der Waals surface area contributed by atoms with Crippen LogP contribution in [0.1, 0.15) is 27.6 Å². The highest BCUT2D eigenvalue weighted by molar-refractivity contribution is 6.32. The number of aromatic nitrogens is 3. The molecular formula is C22H16ClN5O6. The SMILES string of the molecule is CCOC(=O)c1cc2c(=O)n3ccccc3nc2n(C)c1=NC(=O)c1ccc(Cl)c([N+](=O)[O-])c1. The van der Waals surface area contributed by atoms with Crippen LogP contribution in [-0.4, -0.2) is 37.4 Å². The standard InChI is InChI=1S/C22H16ClN5O6/c1-3-34-22(31)14-11-13-18(24-17-6-4-5-9-27(17)21(13)30)26(2)19(14)25-20(29)12-7-8-15(23)16(10-12)28(32)33/h4-11H,3H2,1-2H3. The van der Waals surface area contributed by atoms with Gasteiger partial charge in [0.05, 0.1) is 16.9 Å². The third-order valence-corrected chi connectivity index (χ3v) is 5.33. The zero-order valence-electron chi connectivity index (χ0n) is 17.9. The van der Waals surface area contributed by atoms with Gasteiger partial charge in [-0.05, 0) is 37.3 Å². The zero-order chi connectivity index (χ0) is 24.6. The Morgan fingerprint density at radius 3 is 2.71 bits per heavy atom. The number of nitrogens with zero attached hydrogens (tertiary/aromatic N) is 5. The third kappa shape index (κ3) is 3.92. The Labute approximate surface area is 195 Å². The number of hydrogen-bond donors (Lipinski definition) is 0. The van der Waals surface area contributed by atoms with Gasteiger partial charge in [0, 0.05) is 24.9 Å². The van der Waals surface area contributed by atoms with Gasteiger partial charge in [0.2, 0.25) is 0 Å². The Bertz CT molecular complexity index is 1640. The largest absolute Gasteiger partial charge is 0.462 e. The zero-order valence-corrected chi connectivity index (χ0v) is 18.6. The number of hydrogen-bond acceptors (Lipinski definition) is 7. The van der Waals surface area contributed by atoms with Gasteiger partial charge in [-0.1, -0.05) is 17.7 Å². The summed E-state index contributed by atoms with van der Waals surface area (Å²) >= 11 is 5.82. The van der Waals surface area contributed by atoms with Crippen molar-refractivity contribution in [1.29, 1.82) is 0 Å². The summed E-state index contributed by atoms with van der Waals surface area (Å²) in [5.41, 5.74) is -0.727. The number of nitro benzene ring substituents is 1. The first-order valence-electron chi connectivity index (χ1n) is 9.94. The molecule has 0 spiro atoms. The van der Waals surface area contributed by atoms with E-state index in [2.05, 4.69) is 9.98 Å². The van der Waals surface area contributed by atoms with Gasteiger partial charge in [0.1, 0.15) is 21.9 Å². The molecule has 0 N–H and O–H groups in total. The van der Waals surface area contributed by atoms with Crippen LogP contribution in [0.3, 0.4) is 0 Å². The van der Waals surface area contributed by atoms with Crippen LogP contribution in [0.15, 0.2) is 58.4 Å². The van der Waals surface area contributed by atoms with Crippen LogP contribution in [-0.2, 0) is 11.8 Å². The van der Waals surface area contributed by atoms with Crippen LogP contribution in [0.5, 0.6) is 0 Å². The molecule has 0 bridgehead atoms. The van der Waals surface area contributed by atoms with Gasteiger partial charge in [0.25, 0.3) is 17.2 Å². The summed E-state index contributed by atoms with van der Waals surface area (Å²) in [7, 11) is 1.49. The number of benzene rings is 1. The lowest BCUT2D eigenvalue weighted by atomic mass is 10.2. The van der Waals surface area contributed by atoms with E-state index in [4.69, 9.17) is 16.3 Å². The summed E-state index contributed by atoms with van der Waals surface area (Å²) in [6.45, 7) is 1.66. The van der Waals surface area contributed by atoms with Crippen LogP contribution in [0, 0.1) is 10.1 Å². The number of carbonyl (C=O) groups excluding carboxylic acids is 2. The van der Waals surface area contributed by atoms with Gasteiger partial charge in [0.15, 0.2) is 5.49 Å². The highest BCUT2D eigenvalue weighted by Crippen LogP contribution is 2.25. The maximum absolute atomic E-state index is 13.0. The van der Waals surface area contributed by atoms with Gasteiger partial charge >= 0.3 is 5.97 Å². The smallest absolute Gasteiger partial charge is 0.341 e. The van der Waals surface area contributed by atoms with Gasteiger partial charge in [-0.15, -0.1) is 0 Å². The number of aryl methyl sites for hydroxylation is 1. The van der Waals surface area contributed by atoms with E-state index in [-0.39, 0.29) is 39.3 Å². The molecule has 0 atom stereocenters. The van der Waals surface area contributed by atoms with Crippen molar-refractivity contribution in [2.75, 3.05) is 6.61 Å². The predicted molar refractivity (Wildman–Crippen MR) is 122 cm³/mol. The van der Waals surface area contributed by atoms with Gasteiger partial charge in [-0.25, -0.2) is 9.78 Å². The topological polar surface area (TPSA) is 138 Å². The van der Waals surface area contributed by atoms with E-state index >= 15 is 0 Å². The molecule has 0 fully saturated rings. The second-order valence-electron chi connectivity index (χ2n) is 7.08. The lowest BCUT2D eigenvalue weighted by Crippen LogP contribution is -2.31. The molecule has 3 heterocycles. The minimum atomic E-state index is -0.863. The van der Waals surface area contributed by atoms with Crippen molar-refractivity contribution in [1.82, 2.24) is 14.0 Å². The minimum Gasteiger partial charge on any atom is -0.462 e. The average molecular weight is 482 g/mol. The molecule has 172 valence electrons. The quantitative estimate of drug-likeness (QED) is 0.189. The molecule has 4 aromatic rings. The summed E-state index contributed by atoms with van der Waals surface area (Å²) in [5, 5.41) is 11.2. The van der Waals surface area contributed by atoms with Crippen LogP contribution in [0.4, 0.5) is 5.69 Å². The molecule has 1 aromatic carbocycles. The first-order valence-corrected chi connectivity index (χ1v) is 10.3. The fraction of sp³-hybridized carbons (Fsp3) is 0.136. The fourth-order valence-electron chi connectivity index (χ4n) is 3.40. The molecule has 11 nitrogen and oxygen atoms in total. The van der Waals surface area contributed by atoms with Crippen LogP contribution in [0.25, 0.3) is 16.7 Å². The molecule has 34 heavy (non-hydrogen) atoms. The Morgan fingerprint density at radius 2 is 2.00 bits per heavy atom. The average Bonchev–Trinajstić information content (AvgIpc) is 2.81. The Kier molecular flexibility index (Phi) is 5.95. The number of amides is 1.